The maximum atomic E-state index is 13.9. The number of aryl methyl sites for hydroxylation is 2. The molecular formula is C23H23F3N4O3S. The van der Waals surface area contributed by atoms with Gasteiger partial charge >= 0.3 is 6.18 Å². The summed E-state index contributed by atoms with van der Waals surface area (Å²) in [5, 5.41) is 3.82. The molecule has 3 aromatic rings. The molecule has 1 saturated heterocycles. The second-order valence-corrected chi connectivity index (χ2v) is 10.0. The van der Waals surface area contributed by atoms with Crippen LogP contribution < -0.4 is 0 Å². The second-order valence-electron chi connectivity index (χ2n) is 8.09. The molecule has 2 aromatic carbocycles. The van der Waals surface area contributed by atoms with Crippen molar-refractivity contribution in [1.29, 1.82) is 0 Å². The highest BCUT2D eigenvalue weighted by molar-refractivity contribution is 7.89. The number of nitrogens with zero attached hydrogens (tertiary/aromatic N) is 4. The van der Waals surface area contributed by atoms with Crippen LogP contribution in [0, 0.1) is 13.8 Å². The summed E-state index contributed by atoms with van der Waals surface area (Å²) in [6.07, 6.45) is -3.90. The zero-order valence-corrected chi connectivity index (χ0v) is 19.4. The van der Waals surface area contributed by atoms with Gasteiger partial charge in [0.1, 0.15) is 0 Å². The summed E-state index contributed by atoms with van der Waals surface area (Å²) in [6, 6.07) is 12.6. The predicted octanol–water partition coefficient (Wildman–Crippen LogP) is 3.65. The molecule has 7 nitrogen and oxygen atoms in total. The van der Waals surface area contributed by atoms with Crippen LogP contribution in [0.4, 0.5) is 13.2 Å². The molecule has 34 heavy (non-hydrogen) atoms. The molecule has 0 spiro atoms. The maximum absolute atomic E-state index is 13.9. The van der Waals surface area contributed by atoms with E-state index in [2.05, 4.69) is 5.10 Å². The molecule has 0 saturated carbocycles. The van der Waals surface area contributed by atoms with Crippen molar-refractivity contribution in [2.24, 2.45) is 0 Å². The molecular weight excluding hydrogens is 469 g/mol. The van der Waals surface area contributed by atoms with Crippen LogP contribution in [0.15, 0.2) is 59.6 Å². The van der Waals surface area contributed by atoms with Crippen molar-refractivity contribution >= 4 is 15.9 Å². The molecule has 0 unspecified atom stereocenters. The molecule has 1 aromatic heterocycles. The normalized spacial score (nSPS) is 15.5. The first-order chi connectivity index (χ1) is 16.0. The van der Waals surface area contributed by atoms with Gasteiger partial charge in [-0.2, -0.15) is 22.6 Å². The number of benzene rings is 2. The Kier molecular flexibility index (Phi) is 6.26. The van der Waals surface area contributed by atoms with Gasteiger partial charge in [-0.1, -0.05) is 24.3 Å². The van der Waals surface area contributed by atoms with Crippen molar-refractivity contribution in [2.75, 3.05) is 26.2 Å². The molecule has 11 heteroatoms. The van der Waals surface area contributed by atoms with Crippen LogP contribution in [-0.4, -0.2) is 59.5 Å². The molecule has 2 heterocycles. The third kappa shape index (κ3) is 4.45. The lowest BCUT2D eigenvalue weighted by Gasteiger charge is -2.34. The quantitative estimate of drug-likeness (QED) is 0.557. The van der Waals surface area contributed by atoms with Gasteiger partial charge in [0.25, 0.3) is 5.91 Å². The number of hydrogen-bond donors (Lipinski definition) is 0. The van der Waals surface area contributed by atoms with Crippen molar-refractivity contribution in [3.05, 3.63) is 77.1 Å². The van der Waals surface area contributed by atoms with Crippen LogP contribution >= 0.6 is 0 Å². The lowest BCUT2D eigenvalue weighted by molar-refractivity contribution is -0.143. The first kappa shape index (κ1) is 24.0. The van der Waals surface area contributed by atoms with Crippen LogP contribution in [0.2, 0.25) is 0 Å². The number of amides is 1. The van der Waals surface area contributed by atoms with Crippen molar-refractivity contribution in [2.45, 2.75) is 24.9 Å². The Balaban J connectivity index is 1.55. The summed E-state index contributed by atoms with van der Waals surface area (Å²) in [7, 11) is -3.78. The van der Waals surface area contributed by atoms with Gasteiger partial charge < -0.3 is 4.90 Å². The number of hydrogen-bond acceptors (Lipinski definition) is 4. The third-order valence-corrected chi connectivity index (χ3v) is 7.81. The second kappa shape index (κ2) is 8.88. The Morgan fingerprint density at radius 1 is 0.941 bits per heavy atom. The van der Waals surface area contributed by atoms with Crippen LogP contribution in [0.25, 0.3) is 5.69 Å². The van der Waals surface area contributed by atoms with Crippen molar-refractivity contribution < 1.29 is 26.4 Å². The number of aromatic nitrogens is 2. The summed E-state index contributed by atoms with van der Waals surface area (Å²) >= 11 is 0. The van der Waals surface area contributed by atoms with E-state index < -0.39 is 33.4 Å². The molecule has 0 bridgehead atoms. The van der Waals surface area contributed by atoms with Crippen molar-refractivity contribution in [3.63, 3.8) is 0 Å². The van der Waals surface area contributed by atoms with Gasteiger partial charge in [0.15, 0.2) is 5.69 Å². The minimum absolute atomic E-state index is 0.0187. The van der Waals surface area contributed by atoms with Crippen LogP contribution in [0.1, 0.15) is 27.2 Å². The zero-order valence-electron chi connectivity index (χ0n) is 18.6. The summed E-state index contributed by atoms with van der Waals surface area (Å²) in [5.74, 6) is -0.835. The number of alkyl halides is 3. The smallest absolute Gasteiger partial charge is 0.336 e. The largest absolute Gasteiger partial charge is 0.434 e. The molecule has 180 valence electrons. The first-order valence-electron chi connectivity index (χ1n) is 10.6. The third-order valence-electron chi connectivity index (χ3n) is 5.91. The zero-order chi connectivity index (χ0) is 24.7. The number of carbonyl (C=O) groups is 1. The average Bonchev–Trinajstić information content (AvgIpc) is 3.27. The molecule has 0 aliphatic carbocycles. The van der Waals surface area contributed by atoms with Crippen LogP contribution in [0.3, 0.4) is 0 Å². The standard InChI is InChI=1S/C23H23F3N4O3S/c1-16-8-9-19(14-17(16)2)34(32,33)29-12-10-28(11-13-29)22(31)20-15-27-30(21(20)23(24,25)26)18-6-4-3-5-7-18/h3-9,14-15H,10-13H2,1-2H3. The number of sulfonamides is 1. The number of halogens is 3. The van der Waals surface area contributed by atoms with Crippen molar-refractivity contribution in [1.82, 2.24) is 19.0 Å². The van der Waals surface area contributed by atoms with Gasteiger partial charge in [-0.3, -0.25) is 4.79 Å². The minimum atomic E-state index is -4.81. The highest BCUT2D eigenvalue weighted by Crippen LogP contribution is 2.34. The number of rotatable bonds is 4. The average molecular weight is 493 g/mol. The Morgan fingerprint density at radius 2 is 1.59 bits per heavy atom. The Hall–Kier alpha value is -3.18. The highest BCUT2D eigenvalue weighted by Gasteiger charge is 2.42. The van der Waals surface area contributed by atoms with Gasteiger partial charge in [0.05, 0.1) is 22.3 Å². The van der Waals surface area contributed by atoms with Gasteiger partial charge in [0.2, 0.25) is 10.0 Å². The van der Waals surface area contributed by atoms with Gasteiger partial charge in [-0.15, -0.1) is 0 Å². The summed E-state index contributed by atoms with van der Waals surface area (Å²) in [6.45, 7) is 3.60. The summed E-state index contributed by atoms with van der Waals surface area (Å²) < 4.78 is 69.7. The molecule has 0 radical (unpaired) electrons. The van der Waals surface area contributed by atoms with Gasteiger partial charge in [-0.05, 0) is 49.2 Å². The topological polar surface area (TPSA) is 75.5 Å². The van der Waals surface area contributed by atoms with Crippen molar-refractivity contribution in [3.8, 4) is 5.69 Å². The van der Waals surface area contributed by atoms with Crippen LogP contribution in [0.5, 0.6) is 0 Å². The van der Waals surface area contributed by atoms with E-state index in [4.69, 9.17) is 0 Å². The molecule has 1 aliphatic rings. The number of piperazine rings is 1. The van der Waals surface area contributed by atoms with E-state index in [1.54, 1.807) is 30.3 Å². The molecule has 1 aliphatic heterocycles. The van der Waals surface area contributed by atoms with Crippen LogP contribution in [-0.2, 0) is 16.2 Å². The van der Waals surface area contributed by atoms with E-state index >= 15 is 0 Å². The fourth-order valence-corrected chi connectivity index (χ4v) is 5.38. The van der Waals surface area contributed by atoms with Gasteiger partial charge in [0, 0.05) is 26.2 Å². The summed E-state index contributed by atoms with van der Waals surface area (Å²) in [5.41, 5.74) is 0.254. The minimum Gasteiger partial charge on any atom is -0.336 e. The monoisotopic (exact) mass is 492 g/mol. The Bertz CT molecular complexity index is 1310. The van der Waals surface area contributed by atoms with E-state index in [0.29, 0.717) is 4.68 Å². The molecule has 1 amide bonds. The Morgan fingerprint density at radius 3 is 2.18 bits per heavy atom. The molecule has 1 fully saturated rings. The predicted molar refractivity (Wildman–Crippen MR) is 119 cm³/mol. The van der Waals surface area contributed by atoms with Gasteiger partial charge in [-0.25, -0.2) is 13.1 Å². The lowest BCUT2D eigenvalue weighted by Crippen LogP contribution is -2.50. The maximum Gasteiger partial charge on any atom is 0.434 e. The SMILES string of the molecule is Cc1ccc(S(=O)(=O)N2CCN(C(=O)c3cnn(-c4ccccc4)c3C(F)(F)F)CC2)cc1C. The molecule has 4 rings (SSSR count). The lowest BCUT2D eigenvalue weighted by atomic mass is 10.1. The number of carbonyl (C=O) groups excluding carboxylic acids is 1. The molecule has 0 atom stereocenters. The first-order valence-corrected chi connectivity index (χ1v) is 12.0. The van der Waals surface area contributed by atoms with E-state index in [-0.39, 0.29) is 36.8 Å². The number of para-hydroxylation sites is 1. The fourth-order valence-electron chi connectivity index (χ4n) is 3.87. The Labute approximate surface area is 195 Å². The van der Waals surface area contributed by atoms with E-state index in [1.165, 1.54) is 27.4 Å². The van der Waals surface area contributed by atoms with E-state index in [0.717, 1.165) is 17.3 Å². The van der Waals surface area contributed by atoms with E-state index in [9.17, 15) is 26.4 Å². The van der Waals surface area contributed by atoms with E-state index in [1.807, 2.05) is 13.8 Å². The molecule has 0 N–H and O–H groups in total. The highest BCUT2D eigenvalue weighted by atomic mass is 32.2. The fraction of sp³-hybridized carbons (Fsp3) is 0.304. The summed E-state index contributed by atoms with van der Waals surface area (Å²) in [4.78, 5) is 14.4.